The van der Waals surface area contributed by atoms with E-state index in [9.17, 15) is 0 Å². The van der Waals surface area contributed by atoms with Gasteiger partial charge in [-0.15, -0.1) is 0 Å². The van der Waals surface area contributed by atoms with Crippen LogP contribution in [-0.4, -0.2) is 12.3 Å². The van der Waals surface area contributed by atoms with Crippen LogP contribution in [0, 0.1) is 0 Å². The van der Waals surface area contributed by atoms with Crippen molar-refractivity contribution in [2.75, 3.05) is 6.54 Å². The fraction of sp³-hybridized carbons (Fsp3) is 0.909. The van der Waals surface area contributed by atoms with E-state index >= 15 is 0 Å². The summed E-state index contributed by atoms with van der Waals surface area (Å²) >= 11 is 0. The zero-order valence-corrected chi connectivity index (χ0v) is 8.90. The Morgan fingerprint density at radius 2 is 1.67 bits per heavy atom. The van der Waals surface area contributed by atoms with E-state index in [1.165, 1.54) is 44.2 Å². The van der Waals surface area contributed by atoms with Gasteiger partial charge in [-0.3, -0.25) is 4.99 Å². The minimum absolute atomic E-state index is 1.04. The standard InChI is InChI=1S/C11H23N/c1-4-6-8-9-11(3)12-10-7-5-2/h4-10H2,1-3H3/b12-11+. The molecule has 0 aliphatic rings. The van der Waals surface area contributed by atoms with Gasteiger partial charge in [0.2, 0.25) is 0 Å². The lowest BCUT2D eigenvalue weighted by Crippen LogP contribution is -1.93. The van der Waals surface area contributed by atoms with Crippen LogP contribution in [0.15, 0.2) is 4.99 Å². The Labute approximate surface area is 77.3 Å². The summed E-state index contributed by atoms with van der Waals surface area (Å²) < 4.78 is 0. The molecule has 1 heteroatoms. The molecule has 72 valence electrons. The molecule has 0 spiro atoms. The van der Waals surface area contributed by atoms with Gasteiger partial charge in [-0.1, -0.05) is 33.1 Å². The molecule has 0 aliphatic carbocycles. The van der Waals surface area contributed by atoms with Crippen molar-refractivity contribution in [1.82, 2.24) is 0 Å². The van der Waals surface area contributed by atoms with Crippen LogP contribution in [0.25, 0.3) is 0 Å². The van der Waals surface area contributed by atoms with E-state index in [1.807, 2.05) is 0 Å². The fourth-order valence-corrected chi connectivity index (χ4v) is 1.14. The molecule has 0 aromatic heterocycles. The lowest BCUT2D eigenvalue weighted by atomic mass is 10.1. The van der Waals surface area contributed by atoms with Gasteiger partial charge < -0.3 is 0 Å². The summed E-state index contributed by atoms with van der Waals surface area (Å²) in [6, 6.07) is 0. The first-order valence-corrected chi connectivity index (χ1v) is 5.31. The predicted molar refractivity (Wildman–Crippen MR) is 57.0 cm³/mol. The van der Waals surface area contributed by atoms with Gasteiger partial charge in [-0.05, 0) is 26.2 Å². The van der Waals surface area contributed by atoms with Crippen molar-refractivity contribution in [3.63, 3.8) is 0 Å². The van der Waals surface area contributed by atoms with Crippen molar-refractivity contribution in [2.45, 2.75) is 59.3 Å². The zero-order chi connectivity index (χ0) is 9.23. The Balaban J connectivity index is 3.29. The molecule has 0 saturated heterocycles. The topological polar surface area (TPSA) is 12.4 Å². The Hall–Kier alpha value is -0.330. The first-order valence-electron chi connectivity index (χ1n) is 5.31. The summed E-state index contributed by atoms with van der Waals surface area (Å²) in [6.07, 6.45) is 7.68. The second-order valence-corrected chi connectivity index (χ2v) is 3.43. The van der Waals surface area contributed by atoms with Crippen LogP contribution in [0.1, 0.15) is 59.3 Å². The largest absolute Gasteiger partial charge is 0.294 e. The van der Waals surface area contributed by atoms with E-state index < -0.39 is 0 Å². The highest BCUT2D eigenvalue weighted by Gasteiger charge is 1.90. The van der Waals surface area contributed by atoms with Crippen molar-refractivity contribution in [3.05, 3.63) is 0 Å². The van der Waals surface area contributed by atoms with Crippen molar-refractivity contribution in [2.24, 2.45) is 4.99 Å². The average Bonchev–Trinajstić information content (AvgIpc) is 2.06. The quantitative estimate of drug-likeness (QED) is 0.406. The second-order valence-electron chi connectivity index (χ2n) is 3.43. The van der Waals surface area contributed by atoms with E-state index in [0.717, 1.165) is 6.54 Å². The summed E-state index contributed by atoms with van der Waals surface area (Å²) in [7, 11) is 0. The Kier molecular flexibility index (Phi) is 8.52. The highest BCUT2D eigenvalue weighted by Crippen LogP contribution is 2.01. The molecule has 0 atom stereocenters. The normalized spacial score (nSPS) is 12.1. The van der Waals surface area contributed by atoms with Gasteiger partial charge in [0.1, 0.15) is 0 Å². The maximum Gasteiger partial charge on any atom is 0.0388 e. The molecule has 0 fully saturated rings. The molecule has 12 heavy (non-hydrogen) atoms. The van der Waals surface area contributed by atoms with Crippen LogP contribution in [0.4, 0.5) is 0 Å². The average molecular weight is 169 g/mol. The molecule has 0 unspecified atom stereocenters. The molecular weight excluding hydrogens is 146 g/mol. The Bertz CT molecular complexity index is 116. The molecule has 0 saturated carbocycles. The molecule has 0 radical (unpaired) electrons. The first kappa shape index (κ1) is 11.7. The summed E-state index contributed by atoms with van der Waals surface area (Å²) in [4.78, 5) is 4.50. The molecule has 0 aliphatic heterocycles. The number of unbranched alkanes of at least 4 members (excludes halogenated alkanes) is 3. The Morgan fingerprint density at radius 3 is 2.25 bits per heavy atom. The summed E-state index contributed by atoms with van der Waals surface area (Å²) in [5, 5.41) is 0. The van der Waals surface area contributed by atoms with E-state index in [0.29, 0.717) is 0 Å². The van der Waals surface area contributed by atoms with Crippen LogP contribution in [0.5, 0.6) is 0 Å². The molecule has 0 aromatic rings. The van der Waals surface area contributed by atoms with Gasteiger partial charge in [0.25, 0.3) is 0 Å². The monoisotopic (exact) mass is 169 g/mol. The number of rotatable bonds is 7. The van der Waals surface area contributed by atoms with Gasteiger partial charge in [-0.2, -0.15) is 0 Å². The van der Waals surface area contributed by atoms with Crippen LogP contribution in [0.2, 0.25) is 0 Å². The smallest absolute Gasteiger partial charge is 0.0388 e. The van der Waals surface area contributed by atoms with Gasteiger partial charge >= 0.3 is 0 Å². The number of hydrogen-bond donors (Lipinski definition) is 0. The van der Waals surface area contributed by atoms with E-state index in [4.69, 9.17) is 0 Å². The van der Waals surface area contributed by atoms with Gasteiger partial charge in [0.05, 0.1) is 0 Å². The summed E-state index contributed by atoms with van der Waals surface area (Å²) in [5.41, 5.74) is 1.34. The van der Waals surface area contributed by atoms with Crippen molar-refractivity contribution < 1.29 is 0 Å². The molecular formula is C11H23N. The lowest BCUT2D eigenvalue weighted by molar-refractivity contribution is 0.736. The minimum Gasteiger partial charge on any atom is -0.294 e. The van der Waals surface area contributed by atoms with Crippen LogP contribution in [0.3, 0.4) is 0 Å². The Morgan fingerprint density at radius 1 is 1.00 bits per heavy atom. The highest BCUT2D eigenvalue weighted by atomic mass is 14.7. The highest BCUT2D eigenvalue weighted by molar-refractivity contribution is 5.81. The van der Waals surface area contributed by atoms with Crippen LogP contribution >= 0.6 is 0 Å². The van der Waals surface area contributed by atoms with Gasteiger partial charge in [0, 0.05) is 12.3 Å². The minimum atomic E-state index is 1.04. The van der Waals surface area contributed by atoms with E-state index in [2.05, 4.69) is 25.8 Å². The van der Waals surface area contributed by atoms with Gasteiger partial charge in [-0.25, -0.2) is 0 Å². The van der Waals surface area contributed by atoms with Crippen molar-refractivity contribution in [3.8, 4) is 0 Å². The second kappa shape index (κ2) is 8.76. The maximum absolute atomic E-state index is 4.50. The number of aliphatic imine (C=N–C) groups is 1. The molecule has 1 nitrogen and oxygen atoms in total. The van der Waals surface area contributed by atoms with Crippen molar-refractivity contribution in [1.29, 1.82) is 0 Å². The van der Waals surface area contributed by atoms with Crippen LogP contribution < -0.4 is 0 Å². The molecule has 0 bridgehead atoms. The third-order valence-corrected chi connectivity index (χ3v) is 2.04. The zero-order valence-electron chi connectivity index (χ0n) is 8.90. The molecule has 0 amide bonds. The predicted octanol–water partition coefficient (Wildman–Crippen LogP) is 3.83. The number of nitrogens with zero attached hydrogens (tertiary/aromatic N) is 1. The van der Waals surface area contributed by atoms with E-state index in [1.54, 1.807) is 0 Å². The molecule has 0 rings (SSSR count). The van der Waals surface area contributed by atoms with Crippen molar-refractivity contribution >= 4 is 5.71 Å². The third kappa shape index (κ3) is 7.77. The summed E-state index contributed by atoms with van der Waals surface area (Å²) in [6.45, 7) is 7.64. The first-order chi connectivity index (χ1) is 5.81. The molecule has 0 heterocycles. The third-order valence-electron chi connectivity index (χ3n) is 2.04. The number of hydrogen-bond acceptors (Lipinski definition) is 1. The maximum atomic E-state index is 4.50. The van der Waals surface area contributed by atoms with E-state index in [-0.39, 0.29) is 0 Å². The van der Waals surface area contributed by atoms with Gasteiger partial charge in [0.15, 0.2) is 0 Å². The van der Waals surface area contributed by atoms with Crippen LogP contribution in [-0.2, 0) is 0 Å². The SMILES string of the molecule is CCCCC/C(C)=N/CCCC. The summed E-state index contributed by atoms with van der Waals surface area (Å²) in [5.74, 6) is 0. The molecule has 0 aromatic carbocycles. The molecule has 0 N–H and O–H groups in total. The fourth-order valence-electron chi connectivity index (χ4n) is 1.14. The lowest BCUT2D eigenvalue weighted by Gasteiger charge is -1.99.